The summed E-state index contributed by atoms with van der Waals surface area (Å²) < 4.78 is 30.4. The third-order valence-corrected chi connectivity index (χ3v) is 5.24. The van der Waals surface area contributed by atoms with Gasteiger partial charge in [0.15, 0.2) is 9.90 Å². The molecule has 0 atom stereocenters. The standard InChI is InChI=1S/C9H14N2O6S2/c1-9(3-12,4-13)11-19(15,16)8-6(7(14)17-2)10-5-18-8/h5,11-13H,3-4H2,1-2H3. The number of rotatable bonds is 6. The molecule has 1 heterocycles. The maximum Gasteiger partial charge on any atom is 0.358 e. The van der Waals surface area contributed by atoms with Crippen LogP contribution < -0.4 is 4.72 Å². The van der Waals surface area contributed by atoms with E-state index in [1.807, 2.05) is 0 Å². The summed E-state index contributed by atoms with van der Waals surface area (Å²) in [6.45, 7) is 0.119. The fraction of sp³-hybridized carbons (Fsp3) is 0.556. The van der Waals surface area contributed by atoms with Gasteiger partial charge in [0.25, 0.3) is 10.0 Å². The number of hydrogen-bond acceptors (Lipinski definition) is 8. The first-order chi connectivity index (χ1) is 8.79. The third kappa shape index (κ3) is 3.48. The number of aromatic nitrogens is 1. The molecule has 3 N–H and O–H groups in total. The summed E-state index contributed by atoms with van der Waals surface area (Å²) >= 11 is 0.736. The van der Waals surface area contributed by atoms with Crippen molar-refractivity contribution < 1.29 is 28.2 Å². The number of carbonyl (C=O) groups excluding carboxylic acids is 1. The Morgan fingerprint density at radius 3 is 2.58 bits per heavy atom. The van der Waals surface area contributed by atoms with Gasteiger partial charge in [-0.05, 0) is 6.92 Å². The fourth-order valence-electron chi connectivity index (χ4n) is 1.14. The quantitative estimate of drug-likeness (QED) is 0.572. The van der Waals surface area contributed by atoms with Gasteiger partial charge in [0.1, 0.15) is 0 Å². The second kappa shape index (κ2) is 5.92. The summed E-state index contributed by atoms with van der Waals surface area (Å²) in [5, 5.41) is 18.2. The van der Waals surface area contributed by atoms with Crippen molar-refractivity contribution in [1.29, 1.82) is 0 Å². The van der Waals surface area contributed by atoms with Gasteiger partial charge in [-0.2, -0.15) is 4.72 Å². The first-order valence-corrected chi connectivity index (χ1v) is 7.43. The number of aliphatic hydroxyl groups excluding tert-OH is 2. The van der Waals surface area contributed by atoms with Crippen molar-refractivity contribution in [2.24, 2.45) is 0 Å². The van der Waals surface area contributed by atoms with Crippen molar-refractivity contribution in [3.8, 4) is 0 Å². The van der Waals surface area contributed by atoms with Crippen LogP contribution in [0.4, 0.5) is 0 Å². The fourth-order valence-corrected chi connectivity index (χ4v) is 3.67. The van der Waals surface area contributed by atoms with E-state index in [1.165, 1.54) is 12.4 Å². The highest BCUT2D eigenvalue weighted by Crippen LogP contribution is 2.22. The second-order valence-electron chi connectivity index (χ2n) is 3.96. The molecule has 0 aliphatic carbocycles. The van der Waals surface area contributed by atoms with Gasteiger partial charge in [-0.25, -0.2) is 18.2 Å². The monoisotopic (exact) mass is 310 g/mol. The van der Waals surface area contributed by atoms with Crippen molar-refractivity contribution in [3.05, 3.63) is 11.2 Å². The summed E-state index contributed by atoms with van der Waals surface area (Å²) in [5.41, 5.74) is -0.579. The summed E-state index contributed by atoms with van der Waals surface area (Å²) in [4.78, 5) is 15.0. The molecule has 1 aromatic rings. The second-order valence-corrected chi connectivity index (χ2v) is 6.69. The molecule has 0 spiro atoms. The Bertz CT molecular complexity index is 549. The number of nitrogens with one attached hydrogen (secondary N) is 1. The van der Waals surface area contributed by atoms with Crippen molar-refractivity contribution in [3.63, 3.8) is 0 Å². The van der Waals surface area contributed by atoms with Crippen LogP contribution in [0.15, 0.2) is 9.72 Å². The Kier molecular flexibility index (Phi) is 4.98. The van der Waals surface area contributed by atoms with Crippen molar-refractivity contribution in [1.82, 2.24) is 9.71 Å². The number of aliphatic hydroxyl groups is 2. The van der Waals surface area contributed by atoms with Crippen LogP contribution in [0.5, 0.6) is 0 Å². The van der Waals surface area contributed by atoms with Crippen LogP contribution in [0, 0.1) is 0 Å². The minimum absolute atomic E-state index is 0.326. The van der Waals surface area contributed by atoms with Crippen LogP contribution in [0.3, 0.4) is 0 Å². The predicted octanol–water partition coefficient (Wildman–Crippen LogP) is -1.05. The van der Waals surface area contributed by atoms with Gasteiger partial charge in [0.05, 0.1) is 31.4 Å². The molecule has 0 aliphatic heterocycles. The Balaban J connectivity index is 3.15. The van der Waals surface area contributed by atoms with Gasteiger partial charge in [0.2, 0.25) is 0 Å². The zero-order valence-electron chi connectivity index (χ0n) is 10.3. The molecule has 0 radical (unpaired) electrons. The van der Waals surface area contributed by atoms with Crippen molar-refractivity contribution >= 4 is 27.3 Å². The first kappa shape index (κ1) is 16.0. The van der Waals surface area contributed by atoms with Crippen LogP contribution in [0.2, 0.25) is 0 Å². The molecular formula is C9H14N2O6S2. The summed E-state index contributed by atoms with van der Waals surface area (Å²) in [6, 6.07) is 0. The van der Waals surface area contributed by atoms with E-state index < -0.39 is 34.7 Å². The molecular weight excluding hydrogens is 296 g/mol. The molecule has 10 heteroatoms. The van der Waals surface area contributed by atoms with E-state index in [2.05, 4.69) is 14.4 Å². The zero-order valence-corrected chi connectivity index (χ0v) is 11.9. The highest BCUT2D eigenvalue weighted by molar-refractivity contribution is 7.91. The molecule has 0 aliphatic rings. The van der Waals surface area contributed by atoms with Crippen LogP contribution in [0.25, 0.3) is 0 Å². The number of thiazole rings is 1. The lowest BCUT2D eigenvalue weighted by molar-refractivity contribution is 0.0590. The maximum atomic E-state index is 12.1. The van der Waals surface area contributed by atoms with Gasteiger partial charge in [-0.1, -0.05) is 0 Å². The lowest BCUT2D eigenvalue weighted by Gasteiger charge is -2.25. The van der Waals surface area contributed by atoms with Crippen molar-refractivity contribution in [2.75, 3.05) is 20.3 Å². The normalized spacial score (nSPS) is 12.4. The molecule has 8 nitrogen and oxygen atoms in total. The number of nitrogens with zero attached hydrogens (tertiary/aromatic N) is 1. The highest BCUT2D eigenvalue weighted by Gasteiger charge is 2.33. The van der Waals surface area contributed by atoms with Crippen molar-refractivity contribution in [2.45, 2.75) is 16.7 Å². The van der Waals surface area contributed by atoms with Gasteiger partial charge in [-0.15, -0.1) is 11.3 Å². The lowest BCUT2D eigenvalue weighted by Crippen LogP contribution is -2.51. The third-order valence-electron chi connectivity index (χ3n) is 2.24. The van der Waals surface area contributed by atoms with E-state index in [-0.39, 0.29) is 9.90 Å². The Morgan fingerprint density at radius 2 is 2.11 bits per heavy atom. The molecule has 0 saturated carbocycles. The molecule has 0 amide bonds. The zero-order chi connectivity index (χ0) is 14.7. The molecule has 0 fully saturated rings. The Hall–Kier alpha value is -1.07. The van der Waals surface area contributed by atoms with E-state index in [1.54, 1.807) is 0 Å². The minimum atomic E-state index is -4.10. The predicted molar refractivity (Wildman–Crippen MR) is 66.4 cm³/mol. The van der Waals surface area contributed by atoms with Crippen LogP contribution >= 0.6 is 11.3 Å². The Morgan fingerprint density at radius 1 is 1.53 bits per heavy atom. The average molecular weight is 310 g/mol. The van der Waals surface area contributed by atoms with E-state index in [4.69, 9.17) is 10.2 Å². The van der Waals surface area contributed by atoms with Crippen LogP contribution in [0.1, 0.15) is 17.4 Å². The largest absolute Gasteiger partial charge is 0.464 e. The average Bonchev–Trinajstić information content (AvgIpc) is 2.87. The number of sulfonamides is 1. The van der Waals surface area contributed by atoms with E-state index in [0.29, 0.717) is 0 Å². The number of esters is 1. The molecule has 0 saturated heterocycles. The summed E-state index contributed by atoms with van der Waals surface area (Å²) in [7, 11) is -2.99. The number of hydrogen-bond donors (Lipinski definition) is 3. The molecule has 0 aromatic carbocycles. The van der Waals surface area contributed by atoms with Gasteiger partial charge in [-0.3, -0.25) is 0 Å². The van der Waals surface area contributed by atoms with Crippen LogP contribution in [-0.2, 0) is 14.8 Å². The Labute approximate surface area is 114 Å². The molecule has 19 heavy (non-hydrogen) atoms. The topological polar surface area (TPSA) is 126 Å². The number of ether oxygens (including phenoxy) is 1. The minimum Gasteiger partial charge on any atom is -0.464 e. The lowest BCUT2D eigenvalue weighted by atomic mass is 10.1. The van der Waals surface area contributed by atoms with E-state index in [0.717, 1.165) is 18.4 Å². The van der Waals surface area contributed by atoms with Gasteiger partial charge < -0.3 is 14.9 Å². The van der Waals surface area contributed by atoms with E-state index >= 15 is 0 Å². The number of carbonyl (C=O) groups is 1. The first-order valence-electron chi connectivity index (χ1n) is 5.07. The molecule has 108 valence electrons. The van der Waals surface area contributed by atoms with E-state index in [9.17, 15) is 13.2 Å². The maximum absolute atomic E-state index is 12.1. The number of methoxy groups -OCH3 is 1. The van der Waals surface area contributed by atoms with Gasteiger partial charge in [0, 0.05) is 0 Å². The molecule has 0 unspecified atom stereocenters. The smallest absolute Gasteiger partial charge is 0.358 e. The van der Waals surface area contributed by atoms with Gasteiger partial charge >= 0.3 is 5.97 Å². The molecule has 0 bridgehead atoms. The summed E-state index contributed by atoms with van der Waals surface area (Å²) in [5.74, 6) is -0.878. The molecule has 1 aromatic heterocycles. The summed E-state index contributed by atoms with van der Waals surface area (Å²) in [6.07, 6.45) is 0. The SMILES string of the molecule is COC(=O)c1ncsc1S(=O)(=O)NC(C)(CO)CO. The molecule has 1 rings (SSSR count). The van der Waals surface area contributed by atoms with Crippen LogP contribution in [-0.4, -0.2) is 55.4 Å². The highest BCUT2D eigenvalue weighted by atomic mass is 32.2.